The summed E-state index contributed by atoms with van der Waals surface area (Å²) in [4.78, 5) is 0. The molecule has 100 valence electrons. The highest BCUT2D eigenvalue weighted by Crippen LogP contribution is 2.41. The number of hydrogen-bond donors (Lipinski definition) is 2. The summed E-state index contributed by atoms with van der Waals surface area (Å²) >= 11 is 5.74. The summed E-state index contributed by atoms with van der Waals surface area (Å²) in [5.74, 6) is -0.579. The molecule has 1 saturated heterocycles. The molecule has 1 aromatic rings. The van der Waals surface area contributed by atoms with Crippen molar-refractivity contribution in [3.63, 3.8) is 0 Å². The quantitative estimate of drug-likeness (QED) is 0.888. The van der Waals surface area contributed by atoms with Gasteiger partial charge in [-0.15, -0.1) is 0 Å². The summed E-state index contributed by atoms with van der Waals surface area (Å²) in [5.41, 5.74) is 5.34. The number of aliphatic hydroxyl groups is 1. The van der Waals surface area contributed by atoms with Gasteiger partial charge in [0.2, 0.25) is 0 Å². The first-order chi connectivity index (χ1) is 8.60. The van der Waals surface area contributed by atoms with Crippen molar-refractivity contribution in [3.8, 4) is 0 Å². The number of halogens is 2. The first-order valence-corrected chi connectivity index (χ1v) is 6.38. The summed E-state index contributed by atoms with van der Waals surface area (Å²) in [6.45, 7) is 1.25. The molecule has 18 heavy (non-hydrogen) atoms. The van der Waals surface area contributed by atoms with E-state index in [1.165, 1.54) is 12.1 Å². The molecule has 1 heterocycles. The number of benzene rings is 1. The lowest BCUT2D eigenvalue weighted by atomic mass is 9.75. The maximum Gasteiger partial charge on any atom is 0.147 e. The van der Waals surface area contributed by atoms with Crippen LogP contribution in [0.5, 0.6) is 0 Å². The second-order valence-electron chi connectivity index (χ2n) is 4.77. The van der Waals surface area contributed by atoms with E-state index in [2.05, 4.69) is 0 Å². The van der Waals surface area contributed by atoms with Crippen LogP contribution in [0.1, 0.15) is 24.5 Å². The molecule has 0 aromatic heterocycles. The molecule has 1 aliphatic heterocycles. The highest BCUT2D eigenvalue weighted by molar-refractivity contribution is 6.30. The SMILES string of the molecule is NCC1(C(O)c2cccc(Cl)c2F)CCCOC1. The van der Waals surface area contributed by atoms with E-state index in [-0.39, 0.29) is 17.1 Å². The minimum atomic E-state index is -0.999. The Morgan fingerprint density at radius 1 is 1.56 bits per heavy atom. The van der Waals surface area contributed by atoms with E-state index >= 15 is 0 Å². The zero-order valence-electron chi connectivity index (χ0n) is 10.0. The number of nitrogens with two attached hydrogens (primary N) is 1. The van der Waals surface area contributed by atoms with Gasteiger partial charge in [0.25, 0.3) is 0 Å². The van der Waals surface area contributed by atoms with Gasteiger partial charge in [-0.1, -0.05) is 23.7 Å². The lowest BCUT2D eigenvalue weighted by Crippen LogP contribution is -2.44. The van der Waals surface area contributed by atoms with E-state index in [1.807, 2.05) is 0 Å². The molecular formula is C13H17ClFNO2. The van der Waals surface area contributed by atoms with Crippen molar-refractivity contribution in [1.82, 2.24) is 0 Å². The van der Waals surface area contributed by atoms with Gasteiger partial charge in [-0.25, -0.2) is 4.39 Å². The Labute approximate surface area is 111 Å². The third-order valence-electron chi connectivity index (χ3n) is 3.62. The highest BCUT2D eigenvalue weighted by atomic mass is 35.5. The molecule has 5 heteroatoms. The average molecular weight is 274 g/mol. The maximum absolute atomic E-state index is 13.9. The maximum atomic E-state index is 13.9. The van der Waals surface area contributed by atoms with E-state index < -0.39 is 17.3 Å². The topological polar surface area (TPSA) is 55.5 Å². The van der Waals surface area contributed by atoms with Crippen molar-refractivity contribution >= 4 is 11.6 Å². The average Bonchev–Trinajstić information content (AvgIpc) is 2.42. The zero-order valence-corrected chi connectivity index (χ0v) is 10.8. The number of hydrogen-bond acceptors (Lipinski definition) is 3. The van der Waals surface area contributed by atoms with Gasteiger partial charge >= 0.3 is 0 Å². The molecule has 2 atom stereocenters. The Kier molecular flexibility index (Phi) is 4.22. The summed E-state index contributed by atoms with van der Waals surface area (Å²) in [6.07, 6.45) is 0.536. The van der Waals surface area contributed by atoms with Gasteiger partial charge in [-0.3, -0.25) is 0 Å². The fourth-order valence-electron chi connectivity index (χ4n) is 2.42. The normalized spacial score (nSPS) is 26.0. The Morgan fingerprint density at radius 3 is 2.94 bits per heavy atom. The number of ether oxygens (including phenoxy) is 1. The van der Waals surface area contributed by atoms with Crippen LogP contribution in [0.3, 0.4) is 0 Å². The molecule has 2 rings (SSSR count). The molecule has 0 amide bonds. The molecular weight excluding hydrogens is 257 g/mol. The van der Waals surface area contributed by atoms with Crippen LogP contribution in [-0.4, -0.2) is 24.9 Å². The molecule has 1 fully saturated rings. The van der Waals surface area contributed by atoms with Crippen LogP contribution in [0.15, 0.2) is 18.2 Å². The van der Waals surface area contributed by atoms with Crippen molar-refractivity contribution in [2.45, 2.75) is 18.9 Å². The standard InChI is InChI=1S/C13H17ClFNO2/c14-10-4-1-3-9(11(10)15)12(17)13(7-16)5-2-6-18-8-13/h1,3-4,12,17H,2,5-8,16H2. The van der Waals surface area contributed by atoms with Crippen LogP contribution in [0.4, 0.5) is 4.39 Å². The zero-order chi connectivity index (χ0) is 13.2. The third-order valence-corrected chi connectivity index (χ3v) is 3.91. The van der Waals surface area contributed by atoms with E-state index in [1.54, 1.807) is 6.07 Å². The lowest BCUT2D eigenvalue weighted by Gasteiger charge is -2.40. The largest absolute Gasteiger partial charge is 0.388 e. The molecule has 0 spiro atoms. The summed E-state index contributed by atoms with van der Waals surface area (Å²) in [5, 5.41) is 10.5. The predicted molar refractivity (Wildman–Crippen MR) is 67.9 cm³/mol. The van der Waals surface area contributed by atoms with Gasteiger partial charge in [0.1, 0.15) is 5.82 Å². The van der Waals surface area contributed by atoms with Crippen LogP contribution in [0.25, 0.3) is 0 Å². The van der Waals surface area contributed by atoms with Crippen molar-refractivity contribution in [3.05, 3.63) is 34.6 Å². The molecule has 3 N–H and O–H groups in total. The summed E-state index contributed by atoms with van der Waals surface area (Å²) in [7, 11) is 0. The van der Waals surface area contributed by atoms with E-state index in [0.717, 1.165) is 12.8 Å². The van der Waals surface area contributed by atoms with E-state index in [0.29, 0.717) is 13.2 Å². The fourth-order valence-corrected chi connectivity index (χ4v) is 2.61. The van der Waals surface area contributed by atoms with Crippen LogP contribution in [0.2, 0.25) is 5.02 Å². The van der Waals surface area contributed by atoms with Crippen molar-refractivity contribution in [2.75, 3.05) is 19.8 Å². The smallest absolute Gasteiger partial charge is 0.147 e. The molecule has 0 saturated carbocycles. The Balaban J connectivity index is 2.33. The van der Waals surface area contributed by atoms with Gasteiger partial charge in [-0.2, -0.15) is 0 Å². The van der Waals surface area contributed by atoms with E-state index in [4.69, 9.17) is 22.1 Å². The van der Waals surface area contributed by atoms with Crippen LogP contribution in [-0.2, 0) is 4.74 Å². The fraction of sp³-hybridized carbons (Fsp3) is 0.538. The lowest BCUT2D eigenvalue weighted by molar-refractivity contribution is -0.0792. The number of aliphatic hydroxyl groups excluding tert-OH is 1. The Bertz CT molecular complexity index is 421. The Morgan fingerprint density at radius 2 is 2.33 bits per heavy atom. The molecule has 0 radical (unpaired) electrons. The molecule has 0 bridgehead atoms. The monoisotopic (exact) mass is 273 g/mol. The van der Waals surface area contributed by atoms with Crippen molar-refractivity contribution in [2.24, 2.45) is 11.1 Å². The second-order valence-corrected chi connectivity index (χ2v) is 5.18. The first kappa shape index (κ1) is 13.7. The van der Waals surface area contributed by atoms with Gasteiger partial charge in [0.05, 0.1) is 17.7 Å². The number of rotatable bonds is 3. The molecule has 0 aliphatic carbocycles. The van der Waals surface area contributed by atoms with E-state index in [9.17, 15) is 9.50 Å². The molecule has 2 unspecified atom stereocenters. The van der Waals surface area contributed by atoms with Gasteiger partial charge in [0.15, 0.2) is 0 Å². The van der Waals surface area contributed by atoms with Crippen molar-refractivity contribution < 1.29 is 14.2 Å². The van der Waals surface area contributed by atoms with Crippen LogP contribution < -0.4 is 5.73 Å². The molecule has 1 aromatic carbocycles. The van der Waals surface area contributed by atoms with Gasteiger partial charge in [0, 0.05) is 24.1 Å². The van der Waals surface area contributed by atoms with Crippen LogP contribution >= 0.6 is 11.6 Å². The predicted octanol–water partition coefficient (Wildman–Crippen LogP) is 2.27. The Hall–Kier alpha value is -0.680. The van der Waals surface area contributed by atoms with Crippen molar-refractivity contribution in [1.29, 1.82) is 0 Å². The summed E-state index contributed by atoms with van der Waals surface area (Å²) in [6, 6.07) is 4.62. The summed E-state index contributed by atoms with van der Waals surface area (Å²) < 4.78 is 19.3. The molecule has 1 aliphatic rings. The van der Waals surface area contributed by atoms with Gasteiger partial charge in [-0.05, 0) is 18.9 Å². The molecule has 3 nitrogen and oxygen atoms in total. The highest BCUT2D eigenvalue weighted by Gasteiger charge is 2.40. The minimum absolute atomic E-state index is 0.00968. The third kappa shape index (κ3) is 2.38. The minimum Gasteiger partial charge on any atom is -0.388 e. The second kappa shape index (κ2) is 5.53. The first-order valence-electron chi connectivity index (χ1n) is 6.00. The van der Waals surface area contributed by atoms with Gasteiger partial charge < -0.3 is 15.6 Å². The van der Waals surface area contributed by atoms with Crippen LogP contribution in [0, 0.1) is 11.2 Å².